The highest BCUT2D eigenvalue weighted by Crippen LogP contribution is 2.21. The summed E-state index contributed by atoms with van der Waals surface area (Å²) in [7, 11) is 0. The van der Waals surface area contributed by atoms with Crippen LogP contribution in [0.1, 0.15) is 58.8 Å². The lowest BCUT2D eigenvalue weighted by Gasteiger charge is -2.31. The molecule has 15 heteroatoms. The molecule has 1 rings (SSSR count). The number of carbonyl (C=O) groups excluding carboxylic acids is 3. The van der Waals surface area contributed by atoms with E-state index in [1.807, 2.05) is 6.92 Å². The van der Waals surface area contributed by atoms with Crippen molar-refractivity contribution in [3.05, 3.63) is 0 Å². The average Bonchev–Trinajstić information content (AvgIpc) is 3.36. The fourth-order valence-corrected chi connectivity index (χ4v) is 4.10. The molecule has 3 amide bonds. The Labute approximate surface area is 223 Å². The molecule has 13 N–H and O–H groups in total. The third kappa shape index (κ3) is 10.8. The number of aliphatic carboxylic acids is 1. The molecule has 0 aliphatic carbocycles. The number of hydrogen-bond acceptors (Lipinski definition) is 7. The van der Waals surface area contributed by atoms with Crippen LogP contribution in [0.15, 0.2) is 9.98 Å². The van der Waals surface area contributed by atoms with Crippen LogP contribution in [0.3, 0.4) is 0 Å². The van der Waals surface area contributed by atoms with Crippen molar-refractivity contribution in [2.75, 3.05) is 19.6 Å². The van der Waals surface area contributed by atoms with Gasteiger partial charge in [-0.1, -0.05) is 20.3 Å². The van der Waals surface area contributed by atoms with Crippen molar-refractivity contribution in [3.8, 4) is 0 Å². The lowest BCUT2D eigenvalue weighted by atomic mass is 9.96. The van der Waals surface area contributed by atoms with Gasteiger partial charge in [0, 0.05) is 19.6 Å². The molecular formula is C23H44N10O5. The van der Waals surface area contributed by atoms with Crippen LogP contribution in [-0.4, -0.2) is 89.4 Å². The van der Waals surface area contributed by atoms with Gasteiger partial charge in [0.2, 0.25) is 17.7 Å². The molecule has 0 aromatic carbocycles. The molecule has 5 unspecified atom stereocenters. The van der Waals surface area contributed by atoms with Gasteiger partial charge >= 0.3 is 5.97 Å². The number of rotatable bonds is 16. The molecule has 1 fully saturated rings. The van der Waals surface area contributed by atoms with Gasteiger partial charge in [0.15, 0.2) is 11.9 Å². The zero-order valence-electron chi connectivity index (χ0n) is 22.3. The number of carbonyl (C=O) groups is 4. The van der Waals surface area contributed by atoms with E-state index in [-0.39, 0.29) is 37.2 Å². The minimum atomic E-state index is -1.08. The van der Waals surface area contributed by atoms with Crippen molar-refractivity contribution >= 4 is 35.6 Å². The summed E-state index contributed by atoms with van der Waals surface area (Å²) in [5.41, 5.74) is 27.3. The van der Waals surface area contributed by atoms with E-state index in [1.165, 1.54) is 4.90 Å². The number of likely N-dealkylation sites (tertiary alicyclic amines) is 1. The fourth-order valence-electron chi connectivity index (χ4n) is 4.10. The maximum Gasteiger partial charge on any atom is 0.326 e. The highest BCUT2D eigenvalue weighted by atomic mass is 16.4. The van der Waals surface area contributed by atoms with Crippen LogP contribution in [-0.2, 0) is 19.2 Å². The van der Waals surface area contributed by atoms with Crippen LogP contribution in [0.5, 0.6) is 0 Å². The summed E-state index contributed by atoms with van der Waals surface area (Å²) in [6.45, 7) is 4.50. The van der Waals surface area contributed by atoms with Gasteiger partial charge in [0.25, 0.3) is 0 Å². The number of carboxylic acids is 1. The Morgan fingerprint density at radius 2 is 1.55 bits per heavy atom. The molecule has 15 nitrogen and oxygen atoms in total. The van der Waals surface area contributed by atoms with Gasteiger partial charge in [-0.3, -0.25) is 24.4 Å². The Bertz CT molecular complexity index is 873. The van der Waals surface area contributed by atoms with Gasteiger partial charge in [0.05, 0.1) is 6.04 Å². The van der Waals surface area contributed by atoms with Crippen LogP contribution in [0.2, 0.25) is 0 Å². The first-order valence-electron chi connectivity index (χ1n) is 12.9. The van der Waals surface area contributed by atoms with Crippen LogP contribution < -0.4 is 39.3 Å². The standard InChI is InChI=1S/C23H44N10O5/c1-3-13(2)17(20(36)33-12-6-9-16(33)21(37)38)32-19(35)15(8-5-11-30-23(27)28)31-18(34)14(24)7-4-10-29-22(25)26/h13-17H,3-12,24H2,1-2H3,(H,31,34)(H,32,35)(H,37,38)(H4,25,26,29)(H4,27,28,30). The molecule has 0 radical (unpaired) electrons. The topological polar surface area (TPSA) is 271 Å². The Morgan fingerprint density at radius 3 is 2.08 bits per heavy atom. The normalized spacial score (nSPS) is 18.0. The molecule has 1 aliphatic rings. The number of guanidine groups is 2. The van der Waals surface area contributed by atoms with Gasteiger partial charge in [-0.2, -0.15) is 0 Å². The molecule has 1 saturated heterocycles. The van der Waals surface area contributed by atoms with Gasteiger partial charge in [-0.25, -0.2) is 4.79 Å². The number of nitrogens with one attached hydrogen (secondary N) is 2. The summed E-state index contributed by atoms with van der Waals surface area (Å²) in [5, 5.41) is 14.9. The minimum Gasteiger partial charge on any atom is -0.480 e. The SMILES string of the molecule is CCC(C)C(NC(=O)C(CCCN=C(N)N)NC(=O)C(N)CCCN=C(N)N)C(=O)N1CCCC1C(=O)O. The number of amides is 3. The molecular weight excluding hydrogens is 496 g/mol. The van der Waals surface area contributed by atoms with Crippen molar-refractivity contribution in [2.24, 2.45) is 44.6 Å². The van der Waals surface area contributed by atoms with E-state index in [9.17, 15) is 24.3 Å². The quantitative estimate of drug-likeness (QED) is 0.0579. The molecule has 0 spiro atoms. The van der Waals surface area contributed by atoms with Gasteiger partial charge < -0.3 is 49.3 Å². The molecule has 1 heterocycles. The maximum absolute atomic E-state index is 13.3. The van der Waals surface area contributed by atoms with Crippen LogP contribution in [0.4, 0.5) is 0 Å². The predicted molar refractivity (Wildman–Crippen MR) is 143 cm³/mol. The summed E-state index contributed by atoms with van der Waals surface area (Å²) in [5.74, 6) is -3.11. The second-order valence-corrected chi connectivity index (χ2v) is 9.46. The molecule has 1 aliphatic heterocycles. The zero-order chi connectivity index (χ0) is 28.8. The number of nitrogens with two attached hydrogens (primary N) is 5. The summed E-state index contributed by atoms with van der Waals surface area (Å²) in [4.78, 5) is 60.1. The van der Waals surface area contributed by atoms with E-state index < -0.39 is 47.9 Å². The largest absolute Gasteiger partial charge is 0.480 e. The number of carboxylic acid groups (broad SMARTS) is 1. The Kier molecular flexibility index (Phi) is 13.9. The van der Waals surface area contributed by atoms with Crippen LogP contribution in [0.25, 0.3) is 0 Å². The first kappa shape index (κ1) is 32.4. The molecule has 0 saturated carbocycles. The highest BCUT2D eigenvalue weighted by molar-refractivity contribution is 5.94. The van der Waals surface area contributed by atoms with Gasteiger partial charge in [0.1, 0.15) is 18.1 Å². The molecule has 0 aromatic heterocycles. The molecule has 0 bridgehead atoms. The van der Waals surface area contributed by atoms with Crippen LogP contribution >= 0.6 is 0 Å². The average molecular weight is 541 g/mol. The number of aliphatic imine (C=N–C) groups is 2. The molecule has 216 valence electrons. The lowest BCUT2D eigenvalue weighted by molar-refractivity contribution is -0.150. The Morgan fingerprint density at radius 1 is 0.974 bits per heavy atom. The van der Waals surface area contributed by atoms with Gasteiger partial charge in [-0.15, -0.1) is 0 Å². The van der Waals surface area contributed by atoms with E-state index in [4.69, 9.17) is 28.7 Å². The Balaban J connectivity index is 3.00. The smallest absolute Gasteiger partial charge is 0.326 e. The second-order valence-electron chi connectivity index (χ2n) is 9.46. The minimum absolute atomic E-state index is 0.0606. The third-order valence-electron chi connectivity index (χ3n) is 6.48. The van der Waals surface area contributed by atoms with Gasteiger partial charge in [-0.05, 0) is 44.4 Å². The summed E-state index contributed by atoms with van der Waals surface area (Å²) >= 11 is 0. The van der Waals surface area contributed by atoms with Crippen LogP contribution in [0, 0.1) is 5.92 Å². The second kappa shape index (κ2) is 16.3. The zero-order valence-corrected chi connectivity index (χ0v) is 22.3. The molecule has 38 heavy (non-hydrogen) atoms. The van der Waals surface area contributed by atoms with Crippen molar-refractivity contribution in [2.45, 2.75) is 83.0 Å². The number of nitrogens with zero attached hydrogens (tertiary/aromatic N) is 3. The summed E-state index contributed by atoms with van der Waals surface area (Å²) in [6, 6.07) is -3.82. The van der Waals surface area contributed by atoms with Crippen molar-refractivity contribution < 1.29 is 24.3 Å². The van der Waals surface area contributed by atoms with E-state index >= 15 is 0 Å². The van der Waals surface area contributed by atoms with E-state index in [0.29, 0.717) is 45.2 Å². The fraction of sp³-hybridized carbons (Fsp3) is 0.739. The number of hydrogen-bond donors (Lipinski definition) is 8. The summed E-state index contributed by atoms with van der Waals surface area (Å²) in [6.07, 6.45) is 2.76. The highest BCUT2D eigenvalue weighted by Gasteiger charge is 2.39. The molecule has 5 atom stereocenters. The van der Waals surface area contributed by atoms with Crippen molar-refractivity contribution in [1.29, 1.82) is 0 Å². The predicted octanol–water partition coefficient (Wildman–Crippen LogP) is -2.49. The maximum atomic E-state index is 13.3. The first-order chi connectivity index (χ1) is 17.9. The van der Waals surface area contributed by atoms with E-state index in [1.54, 1.807) is 6.92 Å². The Hall–Kier alpha value is -3.62. The molecule has 0 aromatic rings. The third-order valence-corrected chi connectivity index (χ3v) is 6.48. The lowest BCUT2D eigenvalue weighted by Crippen LogP contribution is -2.58. The first-order valence-corrected chi connectivity index (χ1v) is 12.9. The van der Waals surface area contributed by atoms with Crippen molar-refractivity contribution in [1.82, 2.24) is 15.5 Å². The monoisotopic (exact) mass is 540 g/mol. The van der Waals surface area contributed by atoms with E-state index in [2.05, 4.69) is 20.6 Å². The van der Waals surface area contributed by atoms with E-state index in [0.717, 1.165) is 0 Å². The van der Waals surface area contributed by atoms with Crippen molar-refractivity contribution in [3.63, 3.8) is 0 Å². The summed E-state index contributed by atoms with van der Waals surface area (Å²) < 4.78 is 0.